The number of rotatable bonds is 2. The van der Waals surface area contributed by atoms with Crippen molar-refractivity contribution >= 4 is 5.91 Å². The number of aromatic nitrogens is 1. The fraction of sp³-hybridized carbons (Fsp3) is 0.684. The highest BCUT2D eigenvalue weighted by Gasteiger charge is 2.44. The van der Waals surface area contributed by atoms with Crippen molar-refractivity contribution in [1.82, 2.24) is 14.8 Å². The number of hydrogen-bond acceptors (Lipinski definition) is 4. The van der Waals surface area contributed by atoms with Gasteiger partial charge in [-0.3, -0.25) is 14.7 Å². The predicted octanol–water partition coefficient (Wildman–Crippen LogP) is 2.19. The maximum Gasteiger partial charge on any atom is 0.255 e. The minimum absolute atomic E-state index is 0.145. The Balaban J connectivity index is 1.42. The second kappa shape index (κ2) is 6.81. The Labute approximate surface area is 144 Å². The Morgan fingerprint density at radius 2 is 2.08 bits per heavy atom. The topological polar surface area (TPSA) is 45.7 Å². The molecular formula is C19H27N3O2. The largest absolute Gasteiger partial charge is 0.381 e. The van der Waals surface area contributed by atoms with E-state index in [9.17, 15) is 4.79 Å². The van der Waals surface area contributed by atoms with Gasteiger partial charge in [-0.1, -0.05) is 0 Å². The molecule has 1 aromatic rings. The van der Waals surface area contributed by atoms with Crippen molar-refractivity contribution in [2.45, 2.75) is 38.1 Å². The number of hydrogen-bond donors (Lipinski definition) is 0. The fourth-order valence-electron chi connectivity index (χ4n) is 4.72. The highest BCUT2D eigenvalue weighted by molar-refractivity contribution is 5.94. The van der Waals surface area contributed by atoms with E-state index in [1.807, 2.05) is 12.1 Å². The standard InChI is InChI=1S/C19H27N3O2/c23-18(16-3-1-8-20-13-16)22-9-2-6-19(15-22)7-10-21(14-19)17-4-11-24-12-5-17/h1,3,8,13,17H,2,4-7,9-12,14-15H2. The van der Waals surface area contributed by atoms with E-state index in [0.717, 1.165) is 52.1 Å². The first-order valence-corrected chi connectivity index (χ1v) is 9.27. The molecule has 1 spiro atoms. The summed E-state index contributed by atoms with van der Waals surface area (Å²) in [4.78, 5) is 21.6. The Kier molecular flexibility index (Phi) is 4.55. The summed E-state index contributed by atoms with van der Waals surface area (Å²) < 4.78 is 5.51. The van der Waals surface area contributed by atoms with Gasteiger partial charge in [0.25, 0.3) is 5.91 Å². The van der Waals surface area contributed by atoms with Crippen LogP contribution in [-0.4, -0.2) is 66.1 Å². The number of nitrogens with zero attached hydrogens (tertiary/aromatic N) is 3. The lowest BCUT2D eigenvalue weighted by Crippen LogP contribution is -2.48. The summed E-state index contributed by atoms with van der Waals surface area (Å²) in [7, 11) is 0. The summed E-state index contributed by atoms with van der Waals surface area (Å²) >= 11 is 0. The summed E-state index contributed by atoms with van der Waals surface area (Å²) in [6, 6.07) is 4.40. The second-order valence-corrected chi connectivity index (χ2v) is 7.64. The van der Waals surface area contributed by atoms with Gasteiger partial charge < -0.3 is 9.64 Å². The van der Waals surface area contributed by atoms with Crippen molar-refractivity contribution in [1.29, 1.82) is 0 Å². The number of likely N-dealkylation sites (tertiary alicyclic amines) is 2. The molecule has 1 aromatic heterocycles. The van der Waals surface area contributed by atoms with E-state index < -0.39 is 0 Å². The zero-order chi connectivity index (χ0) is 16.4. The van der Waals surface area contributed by atoms with Gasteiger partial charge in [-0.05, 0) is 50.8 Å². The summed E-state index contributed by atoms with van der Waals surface area (Å²) in [5.74, 6) is 0.145. The third-order valence-electron chi connectivity index (χ3n) is 6.03. The molecule has 3 saturated heterocycles. The number of carbonyl (C=O) groups is 1. The van der Waals surface area contributed by atoms with Crippen molar-refractivity contribution in [3.63, 3.8) is 0 Å². The van der Waals surface area contributed by atoms with Crippen LogP contribution >= 0.6 is 0 Å². The summed E-state index contributed by atoms with van der Waals surface area (Å²) in [6.07, 6.45) is 9.32. The van der Waals surface area contributed by atoms with Gasteiger partial charge in [0.05, 0.1) is 5.56 Å². The molecular weight excluding hydrogens is 302 g/mol. The highest BCUT2D eigenvalue weighted by Crippen LogP contribution is 2.40. The quantitative estimate of drug-likeness (QED) is 0.834. The Morgan fingerprint density at radius 1 is 1.21 bits per heavy atom. The van der Waals surface area contributed by atoms with Crippen LogP contribution in [0, 0.1) is 5.41 Å². The fourth-order valence-corrected chi connectivity index (χ4v) is 4.72. The molecule has 4 rings (SSSR count). The van der Waals surface area contributed by atoms with Crippen molar-refractivity contribution in [3.8, 4) is 0 Å². The molecule has 3 fully saturated rings. The normalized spacial score (nSPS) is 29.2. The molecule has 0 radical (unpaired) electrons. The lowest BCUT2D eigenvalue weighted by molar-refractivity contribution is 0.0297. The van der Waals surface area contributed by atoms with Crippen LogP contribution in [0.3, 0.4) is 0 Å². The monoisotopic (exact) mass is 329 g/mol. The summed E-state index contributed by atoms with van der Waals surface area (Å²) in [6.45, 7) is 5.92. The predicted molar refractivity (Wildman–Crippen MR) is 91.8 cm³/mol. The number of piperidine rings is 1. The average molecular weight is 329 g/mol. The average Bonchev–Trinajstić information content (AvgIpc) is 3.06. The molecule has 0 aromatic carbocycles. The van der Waals surface area contributed by atoms with Gasteiger partial charge in [0.1, 0.15) is 0 Å². The van der Waals surface area contributed by atoms with Gasteiger partial charge in [-0.25, -0.2) is 0 Å². The molecule has 4 heterocycles. The van der Waals surface area contributed by atoms with E-state index in [4.69, 9.17) is 4.74 Å². The SMILES string of the molecule is O=C(c1cccnc1)N1CCCC2(CCN(C3CCOCC3)C2)C1. The van der Waals surface area contributed by atoms with Crippen LogP contribution in [-0.2, 0) is 4.74 Å². The summed E-state index contributed by atoms with van der Waals surface area (Å²) in [5.41, 5.74) is 1.02. The maximum atomic E-state index is 12.8. The van der Waals surface area contributed by atoms with E-state index in [1.165, 1.54) is 19.4 Å². The molecule has 5 heteroatoms. The van der Waals surface area contributed by atoms with Crippen molar-refractivity contribution < 1.29 is 9.53 Å². The minimum Gasteiger partial charge on any atom is -0.381 e. The molecule has 3 aliphatic heterocycles. The molecule has 1 unspecified atom stereocenters. The molecule has 0 aliphatic carbocycles. The number of pyridine rings is 1. The first-order valence-electron chi connectivity index (χ1n) is 9.27. The third kappa shape index (κ3) is 3.20. The van der Waals surface area contributed by atoms with Crippen LogP contribution in [0.2, 0.25) is 0 Å². The molecule has 0 bridgehead atoms. The molecule has 3 aliphatic rings. The van der Waals surface area contributed by atoms with E-state index in [-0.39, 0.29) is 5.91 Å². The molecule has 0 saturated carbocycles. The number of carbonyl (C=O) groups excluding carboxylic acids is 1. The minimum atomic E-state index is 0.145. The molecule has 5 nitrogen and oxygen atoms in total. The van der Waals surface area contributed by atoms with Crippen molar-refractivity contribution in [2.24, 2.45) is 5.41 Å². The van der Waals surface area contributed by atoms with Gasteiger partial charge in [0.2, 0.25) is 0 Å². The van der Waals surface area contributed by atoms with E-state index in [2.05, 4.69) is 14.8 Å². The smallest absolute Gasteiger partial charge is 0.255 e. The third-order valence-corrected chi connectivity index (χ3v) is 6.03. The van der Waals surface area contributed by atoms with Gasteiger partial charge in [0.15, 0.2) is 0 Å². The molecule has 1 atom stereocenters. The van der Waals surface area contributed by atoms with Crippen molar-refractivity contribution in [2.75, 3.05) is 39.4 Å². The van der Waals surface area contributed by atoms with E-state index >= 15 is 0 Å². The Hall–Kier alpha value is -1.46. The highest BCUT2D eigenvalue weighted by atomic mass is 16.5. The Morgan fingerprint density at radius 3 is 2.88 bits per heavy atom. The van der Waals surface area contributed by atoms with Gasteiger partial charge in [0, 0.05) is 56.7 Å². The second-order valence-electron chi connectivity index (χ2n) is 7.64. The lowest BCUT2D eigenvalue weighted by atomic mass is 9.79. The van der Waals surface area contributed by atoms with Crippen LogP contribution in [0.5, 0.6) is 0 Å². The Bertz CT molecular complexity index is 573. The van der Waals surface area contributed by atoms with Crippen LogP contribution in [0.4, 0.5) is 0 Å². The summed E-state index contributed by atoms with van der Waals surface area (Å²) in [5, 5.41) is 0. The van der Waals surface area contributed by atoms with Crippen LogP contribution in [0.15, 0.2) is 24.5 Å². The van der Waals surface area contributed by atoms with Gasteiger partial charge >= 0.3 is 0 Å². The molecule has 24 heavy (non-hydrogen) atoms. The van der Waals surface area contributed by atoms with Crippen LogP contribution in [0.1, 0.15) is 42.5 Å². The first-order chi connectivity index (χ1) is 11.8. The van der Waals surface area contributed by atoms with Crippen molar-refractivity contribution in [3.05, 3.63) is 30.1 Å². The first kappa shape index (κ1) is 16.0. The maximum absolute atomic E-state index is 12.8. The lowest BCUT2D eigenvalue weighted by Gasteiger charge is -2.41. The molecule has 130 valence electrons. The zero-order valence-corrected chi connectivity index (χ0v) is 14.3. The van der Waals surface area contributed by atoms with Gasteiger partial charge in [-0.15, -0.1) is 0 Å². The molecule has 0 N–H and O–H groups in total. The van der Waals surface area contributed by atoms with Gasteiger partial charge in [-0.2, -0.15) is 0 Å². The number of amides is 1. The van der Waals surface area contributed by atoms with E-state index in [0.29, 0.717) is 17.0 Å². The van der Waals surface area contributed by atoms with E-state index in [1.54, 1.807) is 12.4 Å². The van der Waals surface area contributed by atoms with Crippen LogP contribution in [0.25, 0.3) is 0 Å². The van der Waals surface area contributed by atoms with Crippen LogP contribution < -0.4 is 0 Å². The molecule has 1 amide bonds. The number of ether oxygens (including phenoxy) is 1. The zero-order valence-electron chi connectivity index (χ0n) is 14.3.